The van der Waals surface area contributed by atoms with Gasteiger partial charge in [0.15, 0.2) is 0 Å². The van der Waals surface area contributed by atoms with E-state index in [1.807, 2.05) is 0 Å². The fourth-order valence-electron chi connectivity index (χ4n) is 3.48. The van der Waals surface area contributed by atoms with Crippen molar-refractivity contribution in [2.24, 2.45) is 4.99 Å². The van der Waals surface area contributed by atoms with E-state index in [9.17, 15) is 37.8 Å². The lowest BCUT2D eigenvalue weighted by atomic mass is 10.1. The van der Waals surface area contributed by atoms with Crippen LogP contribution in [0.4, 0.5) is 11.4 Å². The van der Waals surface area contributed by atoms with E-state index in [-0.39, 0.29) is 28.5 Å². The van der Waals surface area contributed by atoms with Crippen LogP contribution in [0.2, 0.25) is 0 Å². The molecule has 0 atom stereocenters. The summed E-state index contributed by atoms with van der Waals surface area (Å²) in [5, 5.41) is 21.1. The molecule has 0 aromatic heterocycles. The molecule has 0 saturated carbocycles. The topological polar surface area (TPSA) is 167 Å². The third-order valence-corrected chi connectivity index (χ3v) is 5.91. The molecular weight excluding hydrogens is 478 g/mol. The van der Waals surface area contributed by atoms with E-state index in [0.717, 1.165) is 23.1 Å². The second-order valence-electron chi connectivity index (χ2n) is 7.25. The number of aliphatic imine (C=N–C) groups is 1. The first-order valence-electron chi connectivity index (χ1n) is 9.86. The average molecular weight is 493 g/mol. The first-order valence-corrected chi connectivity index (χ1v) is 11.3. The predicted octanol–water partition coefficient (Wildman–Crippen LogP) is 3.37. The first-order chi connectivity index (χ1) is 16.6. The molecule has 0 saturated heterocycles. The summed E-state index contributed by atoms with van der Waals surface area (Å²) in [6, 6.07) is 16.6. The number of carboxylic acids is 1. The van der Waals surface area contributed by atoms with Gasteiger partial charge in [-0.05, 0) is 30.3 Å². The lowest BCUT2D eigenvalue weighted by Gasteiger charge is -2.21. The van der Waals surface area contributed by atoms with Crippen molar-refractivity contribution in [1.29, 1.82) is 0 Å². The molecule has 3 aromatic rings. The number of carbonyl (C=O) groups is 2. The molecular formula is C23H15N3O8S. The maximum atomic E-state index is 13.5. The van der Waals surface area contributed by atoms with Crippen molar-refractivity contribution in [3.05, 3.63) is 105 Å². The lowest BCUT2D eigenvalue weighted by molar-refractivity contribution is -0.385. The highest BCUT2D eigenvalue weighted by Crippen LogP contribution is 2.33. The van der Waals surface area contributed by atoms with Crippen LogP contribution in [0.25, 0.3) is 6.08 Å². The Bertz CT molecular complexity index is 1550. The second-order valence-corrected chi connectivity index (χ2v) is 8.67. The molecule has 1 amide bonds. The van der Waals surface area contributed by atoms with Gasteiger partial charge < -0.3 is 5.11 Å². The first kappa shape index (κ1) is 23.5. The van der Waals surface area contributed by atoms with Crippen LogP contribution in [0.1, 0.15) is 21.5 Å². The number of hydrogen-bond donors (Lipinski definition) is 2. The molecule has 11 nitrogen and oxygen atoms in total. The molecule has 2 N–H and O–H groups in total. The Morgan fingerprint density at radius 3 is 2.31 bits per heavy atom. The monoisotopic (exact) mass is 493 g/mol. The Morgan fingerprint density at radius 2 is 1.69 bits per heavy atom. The number of para-hydroxylation sites is 1. The zero-order chi connectivity index (χ0) is 25.3. The molecule has 0 fully saturated rings. The van der Waals surface area contributed by atoms with Gasteiger partial charge in [0.1, 0.15) is 11.5 Å². The highest BCUT2D eigenvalue weighted by atomic mass is 32.2. The van der Waals surface area contributed by atoms with E-state index in [1.165, 1.54) is 30.3 Å². The maximum absolute atomic E-state index is 13.5. The van der Waals surface area contributed by atoms with Crippen LogP contribution >= 0.6 is 0 Å². The molecule has 0 bridgehead atoms. The Labute approximate surface area is 198 Å². The normalized spacial score (nSPS) is 14.8. The number of benzene rings is 3. The Morgan fingerprint density at radius 1 is 1.03 bits per heavy atom. The van der Waals surface area contributed by atoms with Gasteiger partial charge in [-0.2, -0.15) is 8.42 Å². The maximum Gasteiger partial charge on any atom is 0.337 e. The van der Waals surface area contributed by atoms with Crippen molar-refractivity contribution < 1.29 is 32.6 Å². The third-order valence-electron chi connectivity index (χ3n) is 5.06. The number of amides is 1. The number of rotatable bonds is 6. The predicted molar refractivity (Wildman–Crippen MR) is 125 cm³/mol. The van der Waals surface area contributed by atoms with Crippen molar-refractivity contribution in [2.45, 2.75) is 4.90 Å². The number of nitro benzene ring substituents is 1. The summed E-state index contributed by atoms with van der Waals surface area (Å²) in [4.78, 5) is 40.7. The minimum atomic E-state index is -4.73. The summed E-state index contributed by atoms with van der Waals surface area (Å²) in [5.41, 5.74) is -0.828. The van der Waals surface area contributed by atoms with Gasteiger partial charge in [-0.3, -0.25) is 24.4 Å². The van der Waals surface area contributed by atoms with Crippen LogP contribution in [-0.4, -0.2) is 40.7 Å². The number of carbonyl (C=O) groups excluding carboxylic acids is 1. The van der Waals surface area contributed by atoms with Gasteiger partial charge in [-0.15, -0.1) is 0 Å². The van der Waals surface area contributed by atoms with Crippen molar-refractivity contribution in [2.75, 3.05) is 4.90 Å². The van der Waals surface area contributed by atoms with Crippen LogP contribution in [0.5, 0.6) is 0 Å². The third kappa shape index (κ3) is 4.55. The molecule has 4 rings (SSSR count). The van der Waals surface area contributed by atoms with E-state index in [0.29, 0.717) is 5.56 Å². The van der Waals surface area contributed by atoms with Crippen molar-refractivity contribution in [3.63, 3.8) is 0 Å². The van der Waals surface area contributed by atoms with Crippen molar-refractivity contribution in [1.82, 2.24) is 0 Å². The van der Waals surface area contributed by atoms with E-state index in [1.54, 1.807) is 30.3 Å². The molecule has 1 aliphatic rings. The molecule has 0 spiro atoms. The van der Waals surface area contributed by atoms with Crippen LogP contribution in [0.15, 0.2) is 88.4 Å². The largest absolute Gasteiger partial charge is 0.478 e. The Hall–Kier alpha value is -4.68. The van der Waals surface area contributed by atoms with Crippen LogP contribution in [-0.2, 0) is 14.9 Å². The van der Waals surface area contributed by atoms with Crippen LogP contribution < -0.4 is 4.90 Å². The van der Waals surface area contributed by atoms with Crippen LogP contribution in [0, 0.1) is 10.1 Å². The van der Waals surface area contributed by atoms with Gasteiger partial charge in [0, 0.05) is 11.6 Å². The van der Waals surface area contributed by atoms with E-state index < -0.39 is 37.4 Å². The quantitative estimate of drug-likeness (QED) is 0.228. The van der Waals surface area contributed by atoms with Gasteiger partial charge in [0.2, 0.25) is 0 Å². The number of carboxylic acid groups (broad SMARTS) is 1. The zero-order valence-electron chi connectivity index (χ0n) is 17.6. The van der Waals surface area contributed by atoms with Gasteiger partial charge in [-0.25, -0.2) is 9.79 Å². The van der Waals surface area contributed by atoms with E-state index in [4.69, 9.17) is 0 Å². The van der Waals surface area contributed by atoms with Gasteiger partial charge in [0.25, 0.3) is 21.7 Å². The molecule has 1 heterocycles. The number of nitro groups is 1. The number of nitrogens with zero attached hydrogens (tertiary/aromatic N) is 3. The second kappa shape index (κ2) is 8.93. The summed E-state index contributed by atoms with van der Waals surface area (Å²) < 4.78 is 32.9. The van der Waals surface area contributed by atoms with Crippen LogP contribution in [0.3, 0.4) is 0 Å². The van der Waals surface area contributed by atoms with E-state index >= 15 is 0 Å². The summed E-state index contributed by atoms with van der Waals surface area (Å²) >= 11 is 0. The standard InChI is InChI=1S/C23H15N3O8S/c27-22-18(12-15-8-4-5-9-19(15)26(30)31)24-21(14-6-2-1-3-7-14)25(22)20-13-16(35(32,33)34)10-11-17(20)23(28)29/h1-13H,(H,28,29)(H,32,33,34)/b18-12-. The molecule has 0 unspecified atom stereocenters. The molecule has 0 aliphatic carbocycles. The number of anilines is 1. The number of amidine groups is 1. The summed E-state index contributed by atoms with van der Waals surface area (Å²) in [6.45, 7) is 0. The number of aromatic carboxylic acids is 1. The Balaban J connectivity index is 1.97. The average Bonchev–Trinajstić information content (AvgIpc) is 3.14. The molecule has 35 heavy (non-hydrogen) atoms. The molecule has 1 aliphatic heterocycles. The van der Waals surface area contributed by atoms with Gasteiger partial charge in [0.05, 0.1) is 26.6 Å². The lowest BCUT2D eigenvalue weighted by Crippen LogP contribution is -2.34. The smallest absolute Gasteiger partial charge is 0.337 e. The van der Waals surface area contributed by atoms with E-state index in [2.05, 4.69) is 4.99 Å². The Kier molecular flexibility index (Phi) is 5.99. The summed E-state index contributed by atoms with van der Waals surface area (Å²) in [7, 11) is -4.73. The van der Waals surface area contributed by atoms with Gasteiger partial charge >= 0.3 is 5.97 Å². The SMILES string of the molecule is O=C(O)c1ccc(S(=O)(=O)O)cc1N1C(=O)/C(=C/c2ccccc2[N+](=O)[O-])N=C1c1ccccc1. The van der Waals surface area contributed by atoms with Crippen molar-refractivity contribution >= 4 is 45.3 Å². The fourth-order valence-corrected chi connectivity index (χ4v) is 3.98. The summed E-state index contributed by atoms with van der Waals surface area (Å²) in [5.74, 6) is -2.34. The molecule has 12 heteroatoms. The fraction of sp³-hybridized carbons (Fsp3) is 0. The minimum absolute atomic E-state index is 0.0320. The molecule has 176 valence electrons. The molecule has 3 aromatic carbocycles. The van der Waals surface area contributed by atoms with Crippen molar-refractivity contribution in [3.8, 4) is 0 Å². The number of hydrogen-bond acceptors (Lipinski definition) is 7. The highest BCUT2D eigenvalue weighted by Gasteiger charge is 2.36. The van der Waals surface area contributed by atoms with Gasteiger partial charge in [-0.1, -0.05) is 42.5 Å². The zero-order valence-corrected chi connectivity index (χ0v) is 18.4. The highest BCUT2D eigenvalue weighted by molar-refractivity contribution is 7.85. The minimum Gasteiger partial charge on any atom is -0.478 e. The summed E-state index contributed by atoms with van der Waals surface area (Å²) in [6.07, 6.45) is 1.19. The molecule has 0 radical (unpaired) electrons.